The van der Waals surface area contributed by atoms with Gasteiger partial charge in [-0.25, -0.2) is 8.78 Å². The quantitative estimate of drug-likeness (QED) is 0.728. The van der Waals surface area contributed by atoms with Crippen LogP contribution in [0.25, 0.3) is 16.7 Å². The number of ether oxygens (including phenoxy) is 1. The van der Waals surface area contributed by atoms with E-state index in [0.717, 1.165) is 6.07 Å². The minimum absolute atomic E-state index is 0.0761. The van der Waals surface area contributed by atoms with Crippen LogP contribution < -0.4 is 4.74 Å². The topological polar surface area (TPSA) is 29.9 Å². The van der Waals surface area contributed by atoms with E-state index < -0.39 is 11.6 Å². The van der Waals surface area contributed by atoms with E-state index in [1.165, 1.54) is 10.6 Å². The Hall–Kier alpha value is -2.21. The first kappa shape index (κ1) is 13.8. The highest BCUT2D eigenvalue weighted by Crippen LogP contribution is 2.29. The maximum atomic E-state index is 14.2. The Balaban J connectivity index is 2.38. The molecule has 0 spiro atoms. The van der Waals surface area contributed by atoms with Gasteiger partial charge in [0.05, 0.1) is 17.8 Å². The first-order valence-electron chi connectivity index (χ1n) is 6.44. The number of para-hydroxylation sites is 2. The molecule has 6 heteroatoms. The molecule has 0 saturated heterocycles. The van der Waals surface area contributed by atoms with Gasteiger partial charge in [0.15, 0.2) is 16.4 Å². The second-order valence-electron chi connectivity index (χ2n) is 4.42. The number of H-pyrrole nitrogens is 1. The van der Waals surface area contributed by atoms with E-state index in [0.29, 0.717) is 23.6 Å². The molecule has 3 aromatic rings. The summed E-state index contributed by atoms with van der Waals surface area (Å²) in [5, 5.41) is 0. The second-order valence-corrected chi connectivity index (χ2v) is 4.81. The summed E-state index contributed by atoms with van der Waals surface area (Å²) < 4.78 is 35.0. The predicted octanol–water partition coefficient (Wildman–Crippen LogP) is 4.36. The second kappa shape index (κ2) is 5.29. The lowest BCUT2D eigenvalue weighted by molar-refractivity contribution is 0.339. The van der Waals surface area contributed by atoms with Crippen molar-refractivity contribution in [2.45, 2.75) is 6.92 Å². The van der Waals surface area contributed by atoms with Crippen LogP contribution in [0.5, 0.6) is 5.75 Å². The lowest BCUT2D eigenvalue weighted by atomic mass is 10.2. The van der Waals surface area contributed by atoms with E-state index in [2.05, 4.69) is 4.98 Å². The minimum Gasteiger partial charge on any atom is -0.492 e. The van der Waals surface area contributed by atoms with Gasteiger partial charge in [0.2, 0.25) is 0 Å². The van der Waals surface area contributed by atoms with Crippen molar-refractivity contribution in [2.24, 2.45) is 0 Å². The van der Waals surface area contributed by atoms with E-state index in [1.807, 2.05) is 13.0 Å². The Bertz CT molecular complexity index is 870. The number of fused-ring (bicyclic) bond motifs is 1. The maximum absolute atomic E-state index is 14.2. The summed E-state index contributed by atoms with van der Waals surface area (Å²) >= 11 is 5.24. The lowest BCUT2D eigenvalue weighted by Gasteiger charge is -2.11. The number of nitrogens with zero attached hydrogens (tertiary/aromatic N) is 1. The number of imidazole rings is 1. The van der Waals surface area contributed by atoms with Gasteiger partial charge < -0.3 is 9.72 Å². The van der Waals surface area contributed by atoms with E-state index >= 15 is 0 Å². The van der Waals surface area contributed by atoms with Crippen molar-refractivity contribution in [3.05, 3.63) is 52.8 Å². The van der Waals surface area contributed by atoms with E-state index in [4.69, 9.17) is 17.0 Å². The van der Waals surface area contributed by atoms with Crippen LogP contribution in [0, 0.1) is 16.4 Å². The third-order valence-electron chi connectivity index (χ3n) is 3.14. The molecule has 0 atom stereocenters. The van der Waals surface area contributed by atoms with Gasteiger partial charge in [-0.2, -0.15) is 0 Å². The van der Waals surface area contributed by atoms with Crippen molar-refractivity contribution in [2.75, 3.05) is 6.61 Å². The lowest BCUT2D eigenvalue weighted by Crippen LogP contribution is -2.02. The fraction of sp³-hybridized carbons (Fsp3) is 0.133. The zero-order chi connectivity index (χ0) is 15.0. The molecule has 0 aliphatic heterocycles. The SMILES string of the molecule is CCOc1ccccc1-n1c(=S)[nH]c2ccc(F)c(F)c21. The van der Waals surface area contributed by atoms with Gasteiger partial charge in [0, 0.05) is 0 Å². The molecule has 0 aliphatic carbocycles. The average molecular weight is 306 g/mol. The first-order valence-corrected chi connectivity index (χ1v) is 6.85. The molecule has 108 valence electrons. The molecule has 21 heavy (non-hydrogen) atoms. The van der Waals surface area contributed by atoms with Crippen molar-refractivity contribution in [3.8, 4) is 11.4 Å². The Morgan fingerprint density at radius 3 is 2.71 bits per heavy atom. The Morgan fingerprint density at radius 1 is 1.19 bits per heavy atom. The molecule has 0 saturated carbocycles. The van der Waals surface area contributed by atoms with Crippen LogP contribution in [-0.2, 0) is 0 Å². The number of aromatic amines is 1. The number of halogens is 2. The molecular weight excluding hydrogens is 294 g/mol. The third kappa shape index (κ3) is 2.21. The first-order chi connectivity index (χ1) is 10.1. The highest BCUT2D eigenvalue weighted by atomic mass is 32.1. The summed E-state index contributed by atoms with van der Waals surface area (Å²) in [6, 6.07) is 9.64. The van der Waals surface area contributed by atoms with Crippen LogP contribution in [0.4, 0.5) is 8.78 Å². The smallest absolute Gasteiger partial charge is 0.184 e. The van der Waals surface area contributed by atoms with Gasteiger partial charge in [-0.15, -0.1) is 0 Å². The number of hydrogen-bond acceptors (Lipinski definition) is 2. The highest BCUT2D eigenvalue weighted by molar-refractivity contribution is 7.71. The van der Waals surface area contributed by atoms with Gasteiger partial charge in [-0.1, -0.05) is 12.1 Å². The van der Waals surface area contributed by atoms with Crippen molar-refractivity contribution in [1.29, 1.82) is 0 Å². The summed E-state index contributed by atoms with van der Waals surface area (Å²) in [6.07, 6.45) is 0. The monoisotopic (exact) mass is 306 g/mol. The molecule has 0 amide bonds. The van der Waals surface area contributed by atoms with Gasteiger partial charge >= 0.3 is 0 Å². The zero-order valence-electron chi connectivity index (χ0n) is 11.2. The van der Waals surface area contributed by atoms with E-state index in [9.17, 15) is 8.78 Å². The van der Waals surface area contributed by atoms with E-state index in [1.54, 1.807) is 18.2 Å². The molecule has 1 heterocycles. The van der Waals surface area contributed by atoms with Gasteiger partial charge in [0.25, 0.3) is 0 Å². The molecule has 1 aromatic heterocycles. The molecule has 0 aliphatic rings. The molecule has 0 unspecified atom stereocenters. The number of rotatable bonds is 3. The van der Waals surface area contributed by atoms with Crippen LogP contribution in [0.3, 0.4) is 0 Å². The van der Waals surface area contributed by atoms with Gasteiger partial charge in [0.1, 0.15) is 11.3 Å². The standard InChI is InChI=1S/C15H12F2N2OS/c1-2-20-12-6-4-3-5-11(12)19-14-10(18-15(19)21)8-7-9(16)13(14)17/h3-8H,2H2,1H3,(H,18,21). The summed E-state index contributed by atoms with van der Waals surface area (Å²) in [6.45, 7) is 2.31. The van der Waals surface area contributed by atoms with Crippen molar-refractivity contribution < 1.29 is 13.5 Å². The van der Waals surface area contributed by atoms with Crippen LogP contribution in [0.1, 0.15) is 6.92 Å². The van der Waals surface area contributed by atoms with E-state index in [-0.39, 0.29) is 10.3 Å². The molecule has 0 bridgehead atoms. The number of benzene rings is 2. The summed E-state index contributed by atoms with van der Waals surface area (Å²) in [7, 11) is 0. The average Bonchev–Trinajstić information content (AvgIpc) is 2.81. The fourth-order valence-electron chi connectivity index (χ4n) is 2.28. The highest BCUT2D eigenvalue weighted by Gasteiger charge is 2.17. The maximum Gasteiger partial charge on any atom is 0.184 e. The number of nitrogens with one attached hydrogen (secondary N) is 1. The van der Waals surface area contributed by atoms with Gasteiger partial charge in [-0.05, 0) is 43.4 Å². The normalized spacial score (nSPS) is 11.0. The third-order valence-corrected chi connectivity index (χ3v) is 3.43. The predicted molar refractivity (Wildman–Crippen MR) is 79.5 cm³/mol. The van der Waals surface area contributed by atoms with Crippen LogP contribution in [0.15, 0.2) is 36.4 Å². The molecule has 3 nitrogen and oxygen atoms in total. The molecule has 0 fully saturated rings. The fourth-order valence-corrected chi connectivity index (χ4v) is 2.58. The Kier molecular flexibility index (Phi) is 3.47. The van der Waals surface area contributed by atoms with Crippen molar-refractivity contribution in [3.63, 3.8) is 0 Å². The summed E-state index contributed by atoms with van der Waals surface area (Å²) in [5.74, 6) is -1.30. The van der Waals surface area contributed by atoms with Gasteiger partial charge in [-0.3, -0.25) is 4.57 Å². The van der Waals surface area contributed by atoms with Crippen molar-refractivity contribution in [1.82, 2.24) is 9.55 Å². The summed E-state index contributed by atoms with van der Waals surface area (Å²) in [5.41, 5.74) is 1.08. The zero-order valence-corrected chi connectivity index (χ0v) is 12.0. The van der Waals surface area contributed by atoms with Crippen LogP contribution >= 0.6 is 12.2 Å². The number of hydrogen-bond donors (Lipinski definition) is 1. The molecule has 3 rings (SSSR count). The number of aromatic nitrogens is 2. The van der Waals surface area contributed by atoms with Crippen molar-refractivity contribution >= 4 is 23.3 Å². The van der Waals surface area contributed by atoms with Crippen LogP contribution in [-0.4, -0.2) is 16.2 Å². The Morgan fingerprint density at radius 2 is 1.95 bits per heavy atom. The minimum atomic E-state index is -0.939. The van der Waals surface area contributed by atoms with Crippen LogP contribution in [0.2, 0.25) is 0 Å². The molecule has 1 N–H and O–H groups in total. The summed E-state index contributed by atoms with van der Waals surface area (Å²) in [4.78, 5) is 2.88. The molecule has 2 aromatic carbocycles. The molecular formula is C15H12F2N2OS. The Labute approximate surface area is 124 Å². The largest absolute Gasteiger partial charge is 0.492 e. The molecule has 0 radical (unpaired) electrons.